The molecular weight excluding hydrogens is 319 g/mol. The summed E-state index contributed by atoms with van der Waals surface area (Å²) in [6.07, 6.45) is 7.10. The number of hydrogen-bond donors (Lipinski definition) is 2. The molecule has 1 aliphatic heterocycles. The van der Waals surface area contributed by atoms with Gasteiger partial charge in [-0.25, -0.2) is 4.39 Å². The van der Waals surface area contributed by atoms with Crippen molar-refractivity contribution in [3.63, 3.8) is 0 Å². The van der Waals surface area contributed by atoms with Gasteiger partial charge in [0.2, 0.25) is 5.91 Å². The molecule has 0 radical (unpaired) electrons. The number of carbonyl (C=O) groups excluding carboxylic acids is 1. The number of aliphatic hydroxyl groups excluding tert-OH is 1. The van der Waals surface area contributed by atoms with Crippen molar-refractivity contribution < 1.29 is 14.3 Å². The topological polar surface area (TPSA) is 52.6 Å². The molecule has 1 heterocycles. The molecule has 1 saturated heterocycles. The van der Waals surface area contributed by atoms with E-state index in [4.69, 9.17) is 0 Å². The number of carbonyl (C=O) groups is 1. The lowest BCUT2D eigenvalue weighted by atomic mass is 9.87. The molecule has 25 heavy (non-hydrogen) atoms. The van der Waals surface area contributed by atoms with Gasteiger partial charge in [0.05, 0.1) is 12.6 Å². The van der Waals surface area contributed by atoms with Crippen molar-refractivity contribution in [2.75, 3.05) is 19.6 Å². The van der Waals surface area contributed by atoms with Crippen LogP contribution in [-0.2, 0) is 4.79 Å². The molecule has 1 unspecified atom stereocenters. The van der Waals surface area contributed by atoms with Crippen LogP contribution in [0.3, 0.4) is 0 Å². The Hall–Kier alpha value is -1.46. The number of amides is 1. The van der Waals surface area contributed by atoms with Gasteiger partial charge in [0.1, 0.15) is 5.82 Å². The summed E-state index contributed by atoms with van der Waals surface area (Å²) in [6, 6.07) is 6.46. The molecule has 1 aromatic carbocycles. The molecule has 138 valence electrons. The van der Waals surface area contributed by atoms with Crippen LogP contribution in [0.15, 0.2) is 24.3 Å². The van der Waals surface area contributed by atoms with Gasteiger partial charge in [-0.3, -0.25) is 9.69 Å². The third kappa shape index (κ3) is 5.25. The molecule has 0 spiro atoms. The van der Waals surface area contributed by atoms with Crippen LogP contribution in [0.5, 0.6) is 0 Å². The predicted octanol–water partition coefficient (Wildman–Crippen LogP) is 3.02. The smallest absolute Gasteiger partial charge is 0.234 e. The normalized spacial score (nSPS) is 21.8. The Morgan fingerprint density at radius 1 is 1.12 bits per heavy atom. The van der Waals surface area contributed by atoms with E-state index in [0.29, 0.717) is 12.6 Å². The zero-order valence-corrected chi connectivity index (χ0v) is 14.8. The van der Waals surface area contributed by atoms with E-state index in [1.807, 2.05) is 0 Å². The van der Waals surface area contributed by atoms with Crippen LogP contribution in [-0.4, -0.2) is 41.6 Å². The molecule has 0 bridgehead atoms. The summed E-state index contributed by atoms with van der Waals surface area (Å²) in [5.41, 5.74) is 0.773. The van der Waals surface area contributed by atoms with Crippen LogP contribution in [0.2, 0.25) is 0 Å². The van der Waals surface area contributed by atoms with Gasteiger partial charge in [-0.2, -0.15) is 0 Å². The first-order chi connectivity index (χ1) is 12.1. The Bertz CT molecular complexity index is 549. The average molecular weight is 348 g/mol. The summed E-state index contributed by atoms with van der Waals surface area (Å²) in [5.74, 6) is 0.0160. The number of piperidine rings is 1. The maximum atomic E-state index is 13.0. The lowest BCUT2D eigenvalue weighted by Crippen LogP contribution is -2.45. The van der Waals surface area contributed by atoms with Gasteiger partial charge in [0.25, 0.3) is 0 Å². The lowest BCUT2D eigenvalue weighted by Gasteiger charge is -2.34. The zero-order chi connectivity index (χ0) is 17.6. The van der Waals surface area contributed by atoms with Crippen LogP contribution in [0.1, 0.15) is 56.6 Å². The third-order valence-corrected chi connectivity index (χ3v) is 5.63. The van der Waals surface area contributed by atoms with Crippen LogP contribution in [0.4, 0.5) is 4.39 Å². The van der Waals surface area contributed by atoms with Crippen molar-refractivity contribution in [1.29, 1.82) is 0 Å². The van der Waals surface area contributed by atoms with Crippen molar-refractivity contribution in [2.24, 2.45) is 5.92 Å². The van der Waals surface area contributed by atoms with E-state index in [1.165, 1.54) is 31.4 Å². The highest BCUT2D eigenvalue weighted by atomic mass is 19.1. The number of benzene rings is 1. The molecular formula is C20H29FN2O2. The Kier molecular flexibility index (Phi) is 6.43. The van der Waals surface area contributed by atoms with Crippen LogP contribution < -0.4 is 5.32 Å². The minimum atomic E-state index is -0.557. The summed E-state index contributed by atoms with van der Waals surface area (Å²) in [7, 11) is 0. The molecule has 2 N–H and O–H groups in total. The van der Waals surface area contributed by atoms with Gasteiger partial charge in [-0.05, 0) is 62.4 Å². The van der Waals surface area contributed by atoms with E-state index in [1.54, 1.807) is 12.1 Å². The number of halogens is 1. The van der Waals surface area contributed by atoms with Crippen molar-refractivity contribution in [3.05, 3.63) is 35.6 Å². The average Bonchev–Trinajstić information content (AvgIpc) is 2.63. The van der Waals surface area contributed by atoms with E-state index in [0.717, 1.165) is 44.3 Å². The lowest BCUT2D eigenvalue weighted by molar-refractivity contribution is -0.123. The Labute approximate surface area is 149 Å². The largest absolute Gasteiger partial charge is 0.388 e. The van der Waals surface area contributed by atoms with Crippen molar-refractivity contribution >= 4 is 5.91 Å². The van der Waals surface area contributed by atoms with Crippen LogP contribution in [0, 0.1) is 11.7 Å². The van der Waals surface area contributed by atoms with Crippen molar-refractivity contribution in [3.8, 4) is 0 Å². The summed E-state index contributed by atoms with van der Waals surface area (Å²) >= 11 is 0. The second-order valence-corrected chi connectivity index (χ2v) is 7.51. The van der Waals surface area contributed by atoms with E-state index in [-0.39, 0.29) is 17.6 Å². The third-order valence-electron chi connectivity index (χ3n) is 5.63. The number of aliphatic hydroxyl groups is 1. The molecule has 0 aromatic heterocycles. The van der Waals surface area contributed by atoms with Gasteiger partial charge in [-0.1, -0.05) is 31.4 Å². The predicted molar refractivity (Wildman–Crippen MR) is 95.5 cm³/mol. The second kappa shape index (κ2) is 8.77. The Morgan fingerprint density at radius 3 is 2.40 bits per heavy atom. The molecule has 1 amide bonds. The maximum Gasteiger partial charge on any atom is 0.234 e. The van der Waals surface area contributed by atoms with Gasteiger partial charge in [0.15, 0.2) is 0 Å². The minimum absolute atomic E-state index is 0.129. The molecule has 5 heteroatoms. The SMILES string of the molecule is O=C(CN1CCC(C(O)c2ccc(F)cc2)CC1)NC1CCCCC1. The maximum absolute atomic E-state index is 13.0. The Morgan fingerprint density at radius 2 is 1.76 bits per heavy atom. The van der Waals surface area contributed by atoms with Crippen molar-refractivity contribution in [2.45, 2.75) is 57.1 Å². The van der Waals surface area contributed by atoms with Gasteiger partial charge < -0.3 is 10.4 Å². The molecule has 3 rings (SSSR count). The van der Waals surface area contributed by atoms with Gasteiger partial charge >= 0.3 is 0 Å². The molecule has 1 saturated carbocycles. The quantitative estimate of drug-likeness (QED) is 0.860. The Balaban J connectivity index is 1.42. The van der Waals surface area contributed by atoms with Crippen LogP contribution in [0.25, 0.3) is 0 Å². The number of nitrogens with one attached hydrogen (secondary N) is 1. The number of likely N-dealkylation sites (tertiary alicyclic amines) is 1. The highest BCUT2D eigenvalue weighted by molar-refractivity contribution is 5.78. The molecule has 4 nitrogen and oxygen atoms in total. The monoisotopic (exact) mass is 348 g/mol. The molecule has 2 fully saturated rings. The van der Waals surface area contributed by atoms with Crippen LogP contribution >= 0.6 is 0 Å². The summed E-state index contributed by atoms with van der Waals surface area (Å²) < 4.78 is 13.0. The first-order valence-electron chi connectivity index (χ1n) is 9.57. The number of nitrogens with zero attached hydrogens (tertiary/aromatic N) is 1. The molecule has 1 aromatic rings. The zero-order valence-electron chi connectivity index (χ0n) is 14.8. The summed E-state index contributed by atoms with van der Waals surface area (Å²) in [5, 5.41) is 13.7. The highest BCUT2D eigenvalue weighted by Crippen LogP contribution is 2.30. The molecule has 1 aliphatic carbocycles. The van der Waals surface area contributed by atoms with Gasteiger partial charge in [-0.15, -0.1) is 0 Å². The van der Waals surface area contributed by atoms with E-state index < -0.39 is 6.10 Å². The first kappa shape index (κ1) is 18.3. The summed E-state index contributed by atoms with van der Waals surface area (Å²) in [6.45, 7) is 2.10. The second-order valence-electron chi connectivity index (χ2n) is 7.51. The standard InChI is InChI=1S/C20H29FN2O2/c21-17-8-6-15(7-9-17)20(25)16-10-12-23(13-11-16)14-19(24)22-18-4-2-1-3-5-18/h6-9,16,18,20,25H,1-5,10-14H2,(H,22,24). The fourth-order valence-electron chi connectivity index (χ4n) is 4.08. The highest BCUT2D eigenvalue weighted by Gasteiger charge is 2.27. The van der Waals surface area contributed by atoms with E-state index in [9.17, 15) is 14.3 Å². The van der Waals surface area contributed by atoms with Crippen molar-refractivity contribution in [1.82, 2.24) is 10.2 Å². The van der Waals surface area contributed by atoms with E-state index in [2.05, 4.69) is 10.2 Å². The first-order valence-corrected chi connectivity index (χ1v) is 9.57. The van der Waals surface area contributed by atoms with E-state index >= 15 is 0 Å². The van der Waals surface area contributed by atoms with Gasteiger partial charge in [0, 0.05) is 6.04 Å². The number of hydrogen-bond acceptors (Lipinski definition) is 3. The number of rotatable bonds is 5. The summed E-state index contributed by atoms with van der Waals surface area (Å²) in [4.78, 5) is 14.4. The molecule has 2 aliphatic rings. The molecule has 1 atom stereocenters. The minimum Gasteiger partial charge on any atom is -0.388 e. The fraction of sp³-hybridized carbons (Fsp3) is 0.650. The fourth-order valence-corrected chi connectivity index (χ4v) is 4.08.